The molecule has 6 heteroatoms. The van der Waals surface area contributed by atoms with Crippen LogP contribution in [-0.2, 0) is 11.3 Å². The van der Waals surface area contributed by atoms with Crippen LogP contribution in [0, 0.1) is 0 Å². The molecule has 0 saturated heterocycles. The van der Waals surface area contributed by atoms with Crippen molar-refractivity contribution in [2.75, 3.05) is 6.54 Å². The summed E-state index contributed by atoms with van der Waals surface area (Å²) in [5, 5.41) is 4.63. The maximum atomic E-state index is 12.1. The van der Waals surface area contributed by atoms with Gasteiger partial charge in [0.1, 0.15) is 6.54 Å². The Kier molecular flexibility index (Phi) is 3.53. The highest BCUT2D eigenvalue weighted by molar-refractivity contribution is 7.09. The van der Waals surface area contributed by atoms with E-state index in [4.69, 9.17) is 0 Å². The molecule has 0 atom stereocenters. The van der Waals surface area contributed by atoms with Gasteiger partial charge in [-0.1, -0.05) is 18.2 Å². The SMILES string of the molecule is O=C(CN1C(=O)c2ccccc2C1=O)NCc1cccs1. The number of carbonyl (C=O) groups is 3. The number of carbonyl (C=O) groups excluding carboxylic acids is 3. The van der Waals surface area contributed by atoms with Gasteiger partial charge in [0.25, 0.3) is 11.8 Å². The maximum absolute atomic E-state index is 12.1. The van der Waals surface area contributed by atoms with E-state index in [2.05, 4.69) is 5.32 Å². The minimum Gasteiger partial charge on any atom is -0.350 e. The second kappa shape index (κ2) is 5.49. The van der Waals surface area contributed by atoms with Gasteiger partial charge in [-0.15, -0.1) is 11.3 Å². The van der Waals surface area contributed by atoms with E-state index in [0.717, 1.165) is 9.78 Å². The molecule has 5 nitrogen and oxygen atoms in total. The highest BCUT2D eigenvalue weighted by Crippen LogP contribution is 2.21. The van der Waals surface area contributed by atoms with Gasteiger partial charge in [0.15, 0.2) is 0 Å². The van der Waals surface area contributed by atoms with E-state index >= 15 is 0 Å². The van der Waals surface area contributed by atoms with Gasteiger partial charge < -0.3 is 5.32 Å². The van der Waals surface area contributed by atoms with Crippen molar-refractivity contribution in [2.24, 2.45) is 0 Å². The zero-order valence-corrected chi connectivity index (χ0v) is 11.9. The molecule has 106 valence electrons. The van der Waals surface area contributed by atoms with Crippen LogP contribution >= 0.6 is 11.3 Å². The molecule has 0 fully saturated rings. The first-order chi connectivity index (χ1) is 10.2. The number of nitrogens with one attached hydrogen (secondary N) is 1. The quantitative estimate of drug-likeness (QED) is 0.873. The Labute approximate surface area is 125 Å². The molecule has 1 aliphatic rings. The van der Waals surface area contributed by atoms with Crippen molar-refractivity contribution in [2.45, 2.75) is 6.54 Å². The molecule has 0 aliphatic carbocycles. The third kappa shape index (κ3) is 2.57. The van der Waals surface area contributed by atoms with Crippen LogP contribution in [0.2, 0.25) is 0 Å². The number of nitrogens with zero attached hydrogens (tertiary/aromatic N) is 1. The van der Waals surface area contributed by atoms with Crippen molar-refractivity contribution in [3.05, 3.63) is 57.8 Å². The van der Waals surface area contributed by atoms with E-state index in [9.17, 15) is 14.4 Å². The fourth-order valence-corrected chi connectivity index (χ4v) is 2.83. The van der Waals surface area contributed by atoms with Crippen LogP contribution in [0.4, 0.5) is 0 Å². The molecule has 1 N–H and O–H groups in total. The van der Waals surface area contributed by atoms with Gasteiger partial charge in [0.05, 0.1) is 17.7 Å². The molecule has 1 aromatic carbocycles. The second-order valence-corrected chi connectivity index (χ2v) is 5.63. The van der Waals surface area contributed by atoms with Crippen LogP contribution in [0.1, 0.15) is 25.6 Å². The number of hydrogen-bond acceptors (Lipinski definition) is 4. The minimum atomic E-state index is -0.415. The highest BCUT2D eigenvalue weighted by Gasteiger charge is 2.36. The molecule has 3 amide bonds. The standard InChI is InChI=1S/C15H12N2O3S/c18-13(16-8-10-4-3-7-21-10)9-17-14(19)11-5-1-2-6-12(11)15(17)20/h1-7H,8-9H2,(H,16,18). The summed E-state index contributed by atoms with van der Waals surface area (Å²) in [6, 6.07) is 10.4. The average molecular weight is 300 g/mol. The van der Waals surface area contributed by atoms with Gasteiger partial charge in [-0.05, 0) is 23.6 Å². The Hall–Kier alpha value is -2.47. The maximum Gasteiger partial charge on any atom is 0.262 e. The molecule has 1 aliphatic heterocycles. The first-order valence-corrected chi connectivity index (χ1v) is 7.29. The van der Waals surface area contributed by atoms with Crippen molar-refractivity contribution < 1.29 is 14.4 Å². The zero-order chi connectivity index (χ0) is 14.8. The van der Waals surface area contributed by atoms with E-state index in [1.165, 1.54) is 11.3 Å². The number of amides is 3. The van der Waals surface area contributed by atoms with Gasteiger partial charge in [0, 0.05) is 4.88 Å². The zero-order valence-electron chi connectivity index (χ0n) is 11.0. The van der Waals surface area contributed by atoms with E-state index in [-0.39, 0.29) is 12.5 Å². The van der Waals surface area contributed by atoms with Crippen LogP contribution < -0.4 is 5.32 Å². The predicted molar refractivity (Wildman–Crippen MR) is 78.0 cm³/mol. The van der Waals surface area contributed by atoms with Crippen LogP contribution in [0.15, 0.2) is 41.8 Å². The van der Waals surface area contributed by atoms with Crippen molar-refractivity contribution in [3.63, 3.8) is 0 Å². The number of fused-ring (bicyclic) bond motifs is 1. The van der Waals surface area contributed by atoms with E-state index < -0.39 is 11.8 Å². The summed E-state index contributed by atoms with van der Waals surface area (Å²) in [7, 11) is 0. The van der Waals surface area contributed by atoms with E-state index in [1.54, 1.807) is 24.3 Å². The lowest BCUT2D eigenvalue weighted by atomic mass is 10.1. The second-order valence-electron chi connectivity index (χ2n) is 4.60. The van der Waals surface area contributed by atoms with E-state index in [1.807, 2.05) is 17.5 Å². The number of hydrogen-bond donors (Lipinski definition) is 1. The molecular weight excluding hydrogens is 288 g/mol. The van der Waals surface area contributed by atoms with Gasteiger partial charge >= 0.3 is 0 Å². The summed E-state index contributed by atoms with van der Waals surface area (Å²) in [6.07, 6.45) is 0. The fourth-order valence-electron chi connectivity index (χ4n) is 2.18. The topological polar surface area (TPSA) is 66.5 Å². The summed E-state index contributed by atoms with van der Waals surface area (Å²) in [6.45, 7) is 0.150. The lowest BCUT2D eigenvalue weighted by molar-refractivity contribution is -0.121. The van der Waals surface area contributed by atoms with Gasteiger partial charge in [-0.25, -0.2) is 0 Å². The molecule has 0 saturated carbocycles. The Morgan fingerprint density at radius 2 is 1.71 bits per heavy atom. The Morgan fingerprint density at radius 3 is 2.29 bits per heavy atom. The number of thiophene rings is 1. The average Bonchev–Trinajstić information content (AvgIpc) is 3.09. The summed E-state index contributed by atoms with van der Waals surface area (Å²) in [4.78, 5) is 38.1. The first kappa shape index (κ1) is 13.5. The smallest absolute Gasteiger partial charge is 0.262 e. The molecule has 1 aromatic heterocycles. The predicted octanol–water partition coefficient (Wildman–Crippen LogP) is 1.66. The molecule has 0 radical (unpaired) electrons. The third-order valence-corrected chi connectivity index (χ3v) is 4.10. The number of imide groups is 1. The van der Waals surface area contributed by atoms with Gasteiger partial charge in [-0.3, -0.25) is 19.3 Å². The lowest BCUT2D eigenvalue weighted by Crippen LogP contribution is -2.40. The summed E-state index contributed by atoms with van der Waals surface area (Å²) >= 11 is 1.54. The summed E-state index contributed by atoms with van der Waals surface area (Å²) in [5.41, 5.74) is 0.710. The molecule has 0 unspecified atom stereocenters. The number of rotatable bonds is 4. The third-order valence-electron chi connectivity index (χ3n) is 3.22. The highest BCUT2D eigenvalue weighted by atomic mass is 32.1. The molecule has 0 bridgehead atoms. The van der Waals surface area contributed by atoms with Gasteiger partial charge in [0.2, 0.25) is 5.91 Å². The molecule has 3 rings (SSSR count). The number of benzene rings is 1. The van der Waals surface area contributed by atoms with Crippen molar-refractivity contribution >= 4 is 29.1 Å². The monoisotopic (exact) mass is 300 g/mol. The lowest BCUT2D eigenvalue weighted by Gasteiger charge is -2.13. The van der Waals surface area contributed by atoms with Crippen LogP contribution in [0.5, 0.6) is 0 Å². The fraction of sp³-hybridized carbons (Fsp3) is 0.133. The molecule has 21 heavy (non-hydrogen) atoms. The van der Waals surface area contributed by atoms with Crippen molar-refractivity contribution in [1.29, 1.82) is 0 Å². The molecule has 2 aromatic rings. The van der Waals surface area contributed by atoms with Crippen LogP contribution in [-0.4, -0.2) is 29.2 Å². The summed E-state index contributed by atoms with van der Waals surface area (Å²) in [5.74, 6) is -1.18. The normalized spacial score (nSPS) is 13.4. The molecular formula is C15H12N2O3S. The van der Waals surface area contributed by atoms with Crippen molar-refractivity contribution in [1.82, 2.24) is 10.2 Å². The Bertz CT molecular complexity index is 674. The Balaban J connectivity index is 1.65. The minimum absolute atomic E-state index is 0.252. The van der Waals surface area contributed by atoms with Crippen LogP contribution in [0.25, 0.3) is 0 Å². The largest absolute Gasteiger partial charge is 0.350 e. The first-order valence-electron chi connectivity index (χ1n) is 6.41. The molecule has 2 heterocycles. The van der Waals surface area contributed by atoms with Crippen LogP contribution in [0.3, 0.4) is 0 Å². The Morgan fingerprint density at radius 1 is 1.05 bits per heavy atom. The van der Waals surface area contributed by atoms with Crippen molar-refractivity contribution in [3.8, 4) is 0 Å². The van der Waals surface area contributed by atoms with Gasteiger partial charge in [-0.2, -0.15) is 0 Å². The molecule has 0 spiro atoms. The van der Waals surface area contributed by atoms with E-state index in [0.29, 0.717) is 17.7 Å². The summed E-state index contributed by atoms with van der Waals surface area (Å²) < 4.78 is 0.